The third-order valence-corrected chi connectivity index (χ3v) is 3.18. The summed E-state index contributed by atoms with van der Waals surface area (Å²) in [7, 11) is 0. The summed E-state index contributed by atoms with van der Waals surface area (Å²) in [5.74, 6) is 4.81. The van der Waals surface area contributed by atoms with E-state index in [0.29, 0.717) is 12.2 Å². The zero-order chi connectivity index (χ0) is 13.1. The Bertz CT molecular complexity index is 485. The van der Waals surface area contributed by atoms with E-state index in [0.717, 1.165) is 16.7 Å². The Balaban J connectivity index is 2.09. The van der Waals surface area contributed by atoms with E-state index in [2.05, 4.69) is 5.16 Å². The van der Waals surface area contributed by atoms with Crippen LogP contribution in [0.5, 0.6) is 0 Å². The standard InChI is InChI=1S/C9H10N4O4S/c10-11-8(15)6-3-5(17-12-6)4-13-7(14)1-2-18-9(13)16/h3H,1-2,4,10H2,(H,11,15). The summed E-state index contributed by atoms with van der Waals surface area (Å²) >= 11 is 1.07. The number of carbonyl (C=O) groups is 3. The third-order valence-electron chi connectivity index (χ3n) is 2.30. The number of amides is 3. The third kappa shape index (κ3) is 2.51. The summed E-state index contributed by atoms with van der Waals surface area (Å²) in [5.41, 5.74) is 1.90. The molecule has 0 radical (unpaired) electrons. The Kier molecular flexibility index (Phi) is 3.63. The van der Waals surface area contributed by atoms with Crippen LogP contribution in [0, 0.1) is 0 Å². The van der Waals surface area contributed by atoms with E-state index in [-0.39, 0.29) is 29.1 Å². The van der Waals surface area contributed by atoms with Gasteiger partial charge in [0.15, 0.2) is 11.5 Å². The van der Waals surface area contributed by atoms with Gasteiger partial charge in [-0.05, 0) is 0 Å². The number of imide groups is 1. The zero-order valence-corrected chi connectivity index (χ0v) is 10.0. The Morgan fingerprint density at radius 1 is 1.61 bits per heavy atom. The maximum atomic E-state index is 11.5. The number of hydrogen-bond acceptors (Lipinski definition) is 7. The molecule has 0 spiro atoms. The monoisotopic (exact) mass is 270 g/mol. The summed E-state index contributed by atoms with van der Waals surface area (Å²) in [5, 5.41) is 3.15. The molecule has 18 heavy (non-hydrogen) atoms. The number of hydrazine groups is 1. The van der Waals surface area contributed by atoms with E-state index in [4.69, 9.17) is 10.4 Å². The zero-order valence-electron chi connectivity index (χ0n) is 9.21. The van der Waals surface area contributed by atoms with E-state index in [1.807, 2.05) is 5.43 Å². The topological polar surface area (TPSA) is 119 Å². The number of thioether (sulfide) groups is 1. The van der Waals surface area contributed by atoms with Gasteiger partial charge in [0.05, 0.1) is 6.54 Å². The lowest BCUT2D eigenvalue weighted by Gasteiger charge is -2.22. The van der Waals surface area contributed by atoms with Gasteiger partial charge in [0.25, 0.3) is 11.1 Å². The molecule has 0 saturated carbocycles. The number of carbonyl (C=O) groups excluding carboxylic acids is 3. The SMILES string of the molecule is NNC(=O)c1cc(CN2C(=O)CCSC2=O)on1. The highest BCUT2D eigenvalue weighted by molar-refractivity contribution is 8.13. The first-order valence-electron chi connectivity index (χ1n) is 5.05. The number of nitrogen functional groups attached to an aromatic ring is 1. The number of nitrogens with one attached hydrogen (secondary N) is 1. The van der Waals surface area contributed by atoms with Crippen molar-refractivity contribution >= 4 is 28.8 Å². The first kappa shape index (κ1) is 12.6. The second-order valence-electron chi connectivity index (χ2n) is 3.50. The molecule has 3 N–H and O–H groups in total. The second kappa shape index (κ2) is 5.19. The first-order valence-corrected chi connectivity index (χ1v) is 6.04. The normalized spacial score (nSPS) is 15.9. The molecule has 3 amide bonds. The van der Waals surface area contributed by atoms with Crippen molar-refractivity contribution in [1.82, 2.24) is 15.5 Å². The van der Waals surface area contributed by atoms with Crippen molar-refractivity contribution in [2.24, 2.45) is 5.84 Å². The molecule has 9 heteroatoms. The van der Waals surface area contributed by atoms with Gasteiger partial charge in [0, 0.05) is 18.2 Å². The van der Waals surface area contributed by atoms with Crippen LogP contribution >= 0.6 is 11.8 Å². The molecule has 0 bridgehead atoms. The fourth-order valence-corrected chi connectivity index (χ4v) is 2.19. The molecule has 0 aliphatic carbocycles. The highest BCUT2D eigenvalue weighted by atomic mass is 32.2. The van der Waals surface area contributed by atoms with Gasteiger partial charge in [-0.15, -0.1) is 0 Å². The van der Waals surface area contributed by atoms with Crippen LogP contribution in [0.1, 0.15) is 22.7 Å². The van der Waals surface area contributed by atoms with Crippen LogP contribution in [0.4, 0.5) is 4.79 Å². The molecule has 1 saturated heterocycles. The van der Waals surface area contributed by atoms with Crippen LogP contribution in [0.2, 0.25) is 0 Å². The Morgan fingerprint density at radius 3 is 3.06 bits per heavy atom. The van der Waals surface area contributed by atoms with Crippen LogP contribution in [0.3, 0.4) is 0 Å². The fraction of sp³-hybridized carbons (Fsp3) is 0.333. The second-order valence-corrected chi connectivity index (χ2v) is 4.54. The Labute approximate surface area is 106 Å². The van der Waals surface area contributed by atoms with Crippen LogP contribution in [-0.2, 0) is 11.3 Å². The summed E-state index contributed by atoms with van der Waals surface area (Å²) in [6, 6.07) is 1.34. The van der Waals surface area contributed by atoms with Crippen molar-refractivity contribution in [2.75, 3.05) is 5.75 Å². The van der Waals surface area contributed by atoms with E-state index >= 15 is 0 Å². The minimum atomic E-state index is -0.601. The summed E-state index contributed by atoms with van der Waals surface area (Å²) in [6.07, 6.45) is 0.306. The number of aromatic nitrogens is 1. The molecule has 1 fully saturated rings. The summed E-state index contributed by atoms with van der Waals surface area (Å²) in [6.45, 7) is -0.0322. The van der Waals surface area contributed by atoms with Crippen molar-refractivity contribution < 1.29 is 18.9 Å². The van der Waals surface area contributed by atoms with Crippen molar-refractivity contribution in [3.63, 3.8) is 0 Å². The van der Waals surface area contributed by atoms with Gasteiger partial charge in [0.1, 0.15) is 0 Å². The average molecular weight is 270 g/mol. The van der Waals surface area contributed by atoms with Gasteiger partial charge in [-0.2, -0.15) is 0 Å². The minimum Gasteiger partial charge on any atom is -0.359 e. The molecule has 0 atom stereocenters. The molecule has 1 aromatic heterocycles. The predicted octanol–water partition coefficient (Wildman–Crippen LogP) is -0.136. The number of hydrogen-bond donors (Lipinski definition) is 2. The number of nitrogens with zero attached hydrogens (tertiary/aromatic N) is 2. The van der Waals surface area contributed by atoms with E-state index < -0.39 is 5.91 Å². The lowest BCUT2D eigenvalue weighted by atomic mass is 10.3. The Hall–Kier alpha value is -1.87. The molecule has 1 aliphatic rings. The smallest absolute Gasteiger partial charge is 0.288 e. The van der Waals surface area contributed by atoms with E-state index in [9.17, 15) is 14.4 Å². The highest BCUT2D eigenvalue weighted by Crippen LogP contribution is 2.20. The maximum absolute atomic E-state index is 11.5. The van der Waals surface area contributed by atoms with Crippen molar-refractivity contribution in [3.05, 3.63) is 17.5 Å². The molecule has 2 heterocycles. The van der Waals surface area contributed by atoms with Crippen LogP contribution in [0.25, 0.3) is 0 Å². The molecule has 2 rings (SSSR count). The summed E-state index contributed by atoms with van der Waals surface area (Å²) < 4.78 is 4.87. The molecule has 0 unspecified atom stereocenters. The predicted molar refractivity (Wildman–Crippen MR) is 61.2 cm³/mol. The van der Waals surface area contributed by atoms with Gasteiger partial charge < -0.3 is 4.52 Å². The van der Waals surface area contributed by atoms with Crippen molar-refractivity contribution in [2.45, 2.75) is 13.0 Å². The van der Waals surface area contributed by atoms with E-state index in [1.54, 1.807) is 0 Å². The van der Waals surface area contributed by atoms with Crippen molar-refractivity contribution in [3.8, 4) is 0 Å². The van der Waals surface area contributed by atoms with Gasteiger partial charge in [-0.3, -0.25) is 24.7 Å². The number of rotatable bonds is 3. The Morgan fingerprint density at radius 2 is 2.39 bits per heavy atom. The lowest BCUT2D eigenvalue weighted by Crippen LogP contribution is -2.37. The van der Waals surface area contributed by atoms with Gasteiger partial charge in [-0.25, -0.2) is 5.84 Å². The molecule has 8 nitrogen and oxygen atoms in total. The molecule has 96 valence electrons. The molecular formula is C9H10N4O4S. The van der Waals surface area contributed by atoms with Crippen LogP contribution < -0.4 is 11.3 Å². The summed E-state index contributed by atoms with van der Waals surface area (Å²) in [4.78, 5) is 35.3. The van der Waals surface area contributed by atoms with Crippen molar-refractivity contribution in [1.29, 1.82) is 0 Å². The van der Waals surface area contributed by atoms with Gasteiger partial charge >= 0.3 is 0 Å². The average Bonchev–Trinajstić information content (AvgIpc) is 2.81. The molecular weight excluding hydrogens is 260 g/mol. The highest BCUT2D eigenvalue weighted by Gasteiger charge is 2.28. The minimum absolute atomic E-state index is 0.00272. The quantitative estimate of drug-likeness (QED) is 0.446. The molecule has 1 aliphatic heterocycles. The largest absolute Gasteiger partial charge is 0.359 e. The number of nitrogens with two attached hydrogens (primary N) is 1. The van der Waals surface area contributed by atoms with Gasteiger partial charge in [-0.1, -0.05) is 16.9 Å². The van der Waals surface area contributed by atoms with Crippen LogP contribution in [-0.4, -0.2) is 32.9 Å². The lowest BCUT2D eigenvalue weighted by molar-refractivity contribution is -0.128. The van der Waals surface area contributed by atoms with Gasteiger partial charge in [0.2, 0.25) is 5.91 Å². The first-order chi connectivity index (χ1) is 8.61. The molecule has 1 aromatic rings. The molecule has 0 aromatic carbocycles. The van der Waals surface area contributed by atoms with E-state index in [1.165, 1.54) is 6.07 Å². The fourth-order valence-electron chi connectivity index (χ4n) is 1.42. The van der Waals surface area contributed by atoms with Crippen LogP contribution in [0.15, 0.2) is 10.6 Å². The maximum Gasteiger partial charge on any atom is 0.288 e.